The number of aliphatic hydroxyl groups is 3. The fourth-order valence-electron chi connectivity index (χ4n) is 5.16. The summed E-state index contributed by atoms with van der Waals surface area (Å²) >= 11 is 2.04. The molecule has 0 bridgehead atoms. The van der Waals surface area contributed by atoms with Crippen LogP contribution in [0.1, 0.15) is 38.2 Å². The van der Waals surface area contributed by atoms with Gasteiger partial charge in [-0.3, -0.25) is 14.5 Å². The summed E-state index contributed by atoms with van der Waals surface area (Å²) in [5.74, 6) is -2.19. The summed E-state index contributed by atoms with van der Waals surface area (Å²) in [6.45, 7) is 1.30. The lowest BCUT2D eigenvalue weighted by atomic mass is 9.68. The van der Waals surface area contributed by atoms with Gasteiger partial charge in [0.15, 0.2) is 11.5 Å². The summed E-state index contributed by atoms with van der Waals surface area (Å²) in [5.41, 5.74) is 2.95. The predicted octanol–water partition coefficient (Wildman–Crippen LogP) is 2.47. The molecule has 1 heterocycles. The van der Waals surface area contributed by atoms with Gasteiger partial charge in [-0.15, -0.1) is 0 Å². The summed E-state index contributed by atoms with van der Waals surface area (Å²) in [5, 5.41) is 41.3. The van der Waals surface area contributed by atoms with Gasteiger partial charge in [-0.1, -0.05) is 18.6 Å². The van der Waals surface area contributed by atoms with E-state index in [0.29, 0.717) is 33.3 Å². The number of ether oxygens (including phenoxy) is 1. The Labute approximate surface area is 213 Å². The first-order chi connectivity index (χ1) is 16.2. The topological polar surface area (TPSA) is 128 Å². The Bertz CT molecular complexity index is 1020. The summed E-state index contributed by atoms with van der Waals surface area (Å²) in [6.07, 6.45) is 2.88. The van der Waals surface area contributed by atoms with Crippen LogP contribution in [0, 0.1) is 21.3 Å². The van der Waals surface area contributed by atoms with Gasteiger partial charge in [0.25, 0.3) is 0 Å². The highest BCUT2D eigenvalue weighted by Crippen LogP contribution is 2.45. The number of fused-ring (bicyclic) bond motifs is 1. The highest BCUT2D eigenvalue weighted by Gasteiger charge is 2.53. The van der Waals surface area contributed by atoms with E-state index < -0.39 is 23.9 Å². The third-order valence-electron chi connectivity index (χ3n) is 6.99. The monoisotopic (exact) mass is 585 g/mol. The molecule has 4 atom stereocenters. The van der Waals surface area contributed by atoms with Crippen LogP contribution in [0.5, 0.6) is 11.5 Å². The molecule has 0 saturated carbocycles. The molecule has 4 N–H and O–H groups in total. The van der Waals surface area contributed by atoms with Gasteiger partial charge >= 0.3 is 0 Å². The smallest absolute Gasteiger partial charge is 0.233 e. The number of phenolic OH excluding ortho intramolecular Hbond substituents is 1. The number of nitrogens with zero attached hydrogens (tertiary/aromatic N) is 1. The molecular formula is C25H32INO7. The highest BCUT2D eigenvalue weighted by atomic mass is 127. The molecule has 8 nitrogen and oxygen atoms in total. The average molecular weight is 585 g/mol. The van der Waals surface area contributed by atoms with Crippen molar-refractivity contribution in [3.05, 3.63) is 38.0 Å². The number of methoxy groups -OCH3 is 1. The fourth-order valence-corrected chi connectivity index (χ4v) is 5.79. The number of halogens is 1. The van der Waals surface area contributed by atoms with Crippen LogP contribution in [0.15, 0.2) is 28.9 Å². The number of likely N-dealkylation sites (tertiary alicyclic amines) is 1. The van der Waals surface area contributed by atoms with Gasteiger partial charge in [-0.05, 0) is 77.1 Å². The molecule has 1 fully saturated rings. The van der Waals surface area contributed by atoms with Gasteiger partial charge in [0.1, 0.15) is 0 Å². The molecule has 3 rings (SSSR count). The minimum Gasteiger partial charge on any atom is -0.504 e. The molecule has 34 heavy (non-hydrogen) atoms. The number of imide groups is 1. The number of aliphatic hydroxyl groups excluding tert-OH is 3. The SMILES string of the molecule is CC/C(=C\c1cc(I)c(O)c(OC)c1)CC[C@@H](O)C1=C(CO)C[C@H]2C(=O)N(C)C(=O)[C@H]2[C@H]1CO. The first-order valence-electron chi connectivity index (χ1n) is 11.4. The van der Waals surface area contributed by atoms with E-state index >= 15 is 0 Å². The molecule has 0 unspecified atom stereocenters. The van der Waals surface area contributed by atoms with Crippen molar-refractivity contribution >= 4 is 40.5 Å². The Balaban J connectivity index is 1.83. The second kappa shape index (κ2) is 11.2. The van der Waals surface area contributed by atoms with E-state index in [-0.39, 0.29) is 37.2 Å². The van der Waals surface area contributed by atoms with Crippen molar-refractivity contribution in [2.75, 3.05) is 27.4 Å². The maximum absolute atomic E-state index is 12.7. The molecule has 2 aliphatic rings. The Morgan fingerprint density at radius 3 is 2.59 bits per heavy atom. The lowest BCUT2D eigenvalue weighted by Crippen LogP contribution is -2.39. The van der Waals surface area contributed by atoms with Crippen LogP contribution in [0.4, 0.5) is 0 Å². The standard InChI is InChI=1S/C25H32INO7/c1-4-13(7-14-8-18(26)23(31)20(9-14)34-3)5-6-19(30)21-15(11-28)10-16-22(17(21)12-29)25(33)27(2)24(16)32/h7-9,16-17,19,22,28-31H,4-6,10-12H2,1-3H3/b13-7+/t16-,17+,19-,22-/m1/s1. The number of aromatic hydroxyl groups is 1. The van der Waals surface area contributed by atoms with E-state index in [0.717, 1.165) is 22.5 Å². The molecule has 1 aliphatic carbocycles. The first kappa shape index (κ1) is 26.7. The molecule has 1 aromatic carbocycles. The molecule has 2 amide bonds. The van der Waals surface area contributed by atoms with E-state index in [1.165, 1.54) is 14.2 Å². The van der Waals surface area contributed by atoms with Crippen LogP contribution < -0.4 is 4.74 Å². The number of hydrogen-bond donors (Lipinski definition) is 4. The largest absolute Gasteiger partial charge is 0.504 e. The molecule has 1 aliphatic heterocycles. The van der Waals surface area contributed by atoms with E-state index in [1.807, 2.05) is 41.7 Å². The van der Waals surface area contributed by atoms with Crippen LogP contribution in [-0.4, -0.2) is 70.6 Å². The lowest BCUT2D eigenvalue weighted by molar-refractivity contribution is -0.138. The molecule has 0 aromatic heterocycles. The maximum Gasteiger partial charge on any atom is 0.233 e. The summed E-state index contributed by atoms with van der Waals surface area (Å²) in [6, 6.07) is 3.59. The molecule has 9 heteroatoms. The van der Waals surface area contributed by atoms with Gasteiger partial charge in [-0.25, -0.2) is 0 Å². The second-order valence-corrected chi connectivity index (χ2v) is 10.0. The van der Waals surface area contributed by atoms with E-state index in [4.69, 9.17) is 4.74 Å². The predicted molar refractivity (Wildman–Crippen MR) is 135 cm³/mol. The Hall–Kier alpha value is -1.95. The zero-order chi connectivity index (χ0) is 25.2. The summed E-state index contributed by atoms with van der Waals surface area (Å²) < 4.78 is 5.90. The number of amides is 2. The number of rotatable bonds is 9. The van der Waals surface area contributed by atoms with Gasteiger partial charge in [-0.2, -0.15) is 0 Å². The maximum atomic E-state index is 12.7. The molecule has 186 valence electrons. The van der Waals surface area contributed by atoms with Gasteiger partial charge in [0, 0.05) is 13.0 Å². The highest BCUT2D eigenvalue weighted by molar-refractivity contribution is 14.1. The second-order valence-electron chi connectivity index (χ2n) is 8.84. The third-order valence-corrected chi connectivity index (χ3v) is 7.81. The Morgan fingerprint density at radius 1 is 1.29 bits per heavy atom. The van der Waals surface area contributed by atoms with Crippen molar-refractivity contribution in [1.82, 2.24) is 4.90 Å². The number of allylic oxidation sites excluding steroid dienone is 1. The van der Waals surface area contributed by atoms with Crippen LogP contribution in [0.25, 0.3) is 6.08 Å². The number of phenols is 1. The minimum atomic E-state index is -0.960. The third kappa shape index (κ3) is 5.02. The summed E-state index contributed by atoms with van der Waals surface area (Å²) in [7, 11) is 2.93. The van der Waals surface area contributed by atoms with Crippen molar-refractivity contribution in [3.8, 4) is 11.5 Å². The molecular weight excluding hydrogens is 553 g/mol. The van der Waals surface area contributed by atoms with E-state index in [9.17, 15) is 30.0 Å². The van der Waals surface area contributed by atoms with Crippen LogP contribution in [0.2, 0.25) is 0 Å². The van der Waals surface area contributed by atoms with Crippen LogP contribution >= 0.6 is 22.6 Å². The zero-order valence-corrected chi connectivity index (χ0v) is 21.8. The normalized spacial score (nSPS) is 24.0. The number of carbonyl (C=O) groups is 2. The lowest BCUT2D eigenvalue weighted by Gasteiger charge is -2.36. The molecule has 0 radical (unpaired) electrons. The zero-order valence-electron chi connectivity index (χ0n) is 19.6. The minimum absolute atomic E-state index is 0.0911. The van der Waals surface area contributed by atoms with Gasteiger partial charge in [0.2, 0.25) is 11.8 Å². The summed E-state index contributed by atoms with van der Waals surface area (Å²) in [4.78, 5) is 26.3. The molecule has 1 saturated heterocycles. The number of benzene rings is 1. The number of hydrogen-bond acceptors (Lipinski definition) is 7. The number of carbonyl (C=O) groups excluding carboxylic acids is 2. The van der Waals surface area contributed by atoms with Crippen molar-refractivity contribution in [2.45, 2.75) is 38.7 Å². The van der Waals surface area contributed by atoms with Crippen LogP contribution in [0.3, 0.4) is 0 Å². The molecule has 0 spiro atoms. The molecule has 1 aromatic rings. The van der Waals surface area contributed by atoms with Crippen molar-refractivity contribution in [3.63, 3.8) is 0 Å². The van der Waals surface area contributed by atoms with E-state index in [1.54, 1.807) is 6.07 Å². The van der Waals surface area contributed by atoms with Crippen molar-refractivity contribution in [1.29, 1.82) is 0 Å². The van der Waals surface area contributed by atoms with Crippen LogP contribution in [-0.2, 0) is 9.59 Å². The average Bonchev–Trinajstić information content (AvgIpc) is 3.05. The fraction of sp³-hybridized carbons (Fsp3) is 0.520. The van der Waals surface area contributed by atoms with Gasteiger partial charge in [0.05, 0.1) is 41.8 Å². The van der Waals surface area contributed by atoms with Crippen molar-refractivity contribution < 1.29 is 34.8 Å². The van der Waals surface area contributed by atoms with E-state index in [2.05, 4.69) is 0 Å². The van der Waals surface area contributed by atoms with Gasteiger partial charge < -0.3 is 25.2 Å². The van der Waals surface area contributed by atoms with Crippen molar-refractivity contribution in [2.24, 2.45) is 17.8 Å². The Morgan fingerprint density at radius 2 is 2.00 bits per heavy atom. The quantitative estimate of drug-likeness (QED) is 0.199. The Kier molecular flexibility index (Phi) is 8.77. The first-order valence-corrected chi connectivity index (χ1v) is 12.4.